The maximum absolute atomic E-state index is 13.0. The number of amides is 1. The van der Waals surface area contributed by atoms with Crippen molar-refractivity contribution in [1.82, 2.24) is 19.7 Å². The van der Waals surface area contributed by atoms with Crippen molar-refractivity contribution in [2.75, 3.05) is 13.2 Å². The number of nitrogens with zero attached hydrogens (tertiary/aromatic N) is 4. The maximum Gasteiger partial charge on any atom is 0.252 e. The van der Waals surface area contributed by atoms with Crippen LogP contribution in [0.15, 0.2) is 30.3 Å². The van der Waals surface area contributed by atoms with Gasteiger partial charge in [-0.2, -0.15) is 5.10 Å². The van der Waals surface area contributed by atoms with Gasteiger partial charge in [-0.25, -0.2) is 9.67 Å². The van der Waals surface area contributed by atoms with Crippen LogP contribution in [0.4, 0.5) is 0 Å². The van der Waals surface area contributed by atoms with Crippen LogP contribution in [0.25, 0.3) is 0 Å². The molecule has 24 heavy (non-hydrogen) atoms. The van der Waals surface area contributed by atoms with E-state index in [2.05, 4.69) is 22.2 Å². The smallest absolute Gasteiger partial charge is 0.252 e. The number of rotatable bonds is 3. The molecule has 6 heteroatoms. The second-order valence-electron chi connectivity index (χ2n) is 6.48. The number of ether oxygens (including phenoxy) is 1. The van der Waals surface area contributed by atoms with Gasteiger partial charge in [-0.1, -0.05) is 30.3 Å². The Balaban J connectivity index is 1.65. The first kappa shape index (κ1) is 15.3. The van der Waals surface area contributed by atoms with E-state index in [1.165, 1.54) is 5.56 Å². The van der Waals surface area contributed by atoms with Crippen molar-refractivity contribution in [2.24, 2.45) is 0 Å². The van der Waals surface area contributed by atoms with Gasteiger partial charge in [-0.05, 0) is 25.3 Å². The summed E-state index contributed by atoms with van der Waals surface area (Å²) in [7, 11) is 0. The van der Waals surface area contributed by atoms with Gasteiger partial charge in [-0.3, -0.25) is 4.79 Å². The Kier molecular flexibility index (Phi) is 4.06. The van der Waals surface area contributed by atoms with Crippen molar-refractivity contribution in [2.45, 2.75) is 44.9 Å². The Hall–Kier alpha value is -2.21. The zero-order valence-corrected chi connectivity index (χ0v) is 13.9. The quantitative estimate of drug-likeness (QED) is 0.864. The number of hydrogen-bond donors (Lipinski definition) is 0. The summed E-state index contributed by atoms with van der Waals surface area (Å²) in [5, 5.41) is 4.47. The predicted molar refractivity (Wildman–Crippen MR) is 88.3 cm³/mol. The van der Waals surface area contributed by atoms with Crippen LogP contribution in [0.2, 0.25) is 0 Å². The van der Waals surface area contributed by atoms with Gasteiger partial charge < -0.3 is 9.64 Å². The average molecular weight is 326 g/mol. The zero-order valence-electron chi connectivity index (χ0n) is 13.9. The minimum atomic E-state index is -0.293. The van der Waals surface area contributed by atoms with Gasteiger partial charge in [-0.15, -0.1) is 0 Å². The van der Waals surface area contributed by atoms with Gasteiger partial charge in [0.05, 0.1) is 12.6 Å². The van der Waals surface area contributed by atoms with Crippen LogP contribution in [-0.4, -0.2) is 44.8 Å². The van der Waals surface area contributed by atoms with Crippen molar-refractivity contribution < 1.29 is 9.53 Å². The molecule has 0 aliphatic carbocycles. The summed E-state index contributed by atoms with van der Waals surface area (Å²) < 4.78 is 7.57. The highest BCUT2D eigenvalue weighted by atomic mass is 16.5. The average Bonchev–Trinajstić information content (AvgIpc) is 3.24. The molecule has 6 nitrogen and oxygen atoms in total. The van der Waals surface area contributed by atoms with E-state index in [-0.39, 0.29) is 18.1 Å². The molecule has 0 saturated carbocycles. The number of carbonyl (C=O) groups excluding carboxylic acids is 1. The normalized spacial score (nSPS) is 23.3. The van der Waals surface area contributed by atoms with Crippen molar-refractivity contribution in [3.8, 4) is 0 Å². The molecule has 1 fully saturated rings. The third kappa shape index (κ3) is 2.82. The second-order valence-corrected chi connectivity index (χ2v) is 6.48. The van der Waals surface area contributed by atoms with Gasteiger partial charge in [0.1, 0.15) is 17.8 Å². The van der Waals surface area contributed by atoms with Crippen molar-refractivity contribution in [3.63, 3.8) is 0 Å². The van der Waals surface area contributed by atoms with E-state index in [0.717, 1.165) is 30.9 Å². The largest absolute Gasteiger partial charge is 0.368 e. The van der Waals surface area contributed by atoms with Crippen LogP contribution in [0.3, 0.4) is 0 Å². The van der Waals surface area contributed by atoms with Crippen LogP contribution in [-0.2, 0) is 22.5 Å². The topological polar surface area (TPSA) is 60.2 Å². The number of aromatic nitrogens is 3. The highest BCUT2D eigenvalue weighted by molar-refractivity contribution is 5.81. The first-order chi connectivity index (χ1) is 11.7. The molecule has 3 heterocycles. The molecule has 126 valence electrons. The Morgan fingerprint density at radius 2 is 2.12 bits per heavy atom. The molecule has 2 aliphatic heterocycles. The molecular formula is C18H22N4O2. The molecule has 0 N–H and O–H groups in total. The monoisotopic (exact) mass is 326 g/mol. The molecule has 1 aromatic carbocycles. The fourth-order valence-electron chi connectivity index (χ4n) is 3.64. The number of hydrogen-bond acceptors (Lipinski definition) is 4. The highest BCUT2D eigenvalue weighted by Crippen LogP contribution is 2.30. The lowest BCUT2D eigenvalue weighted by Crippen LogP contribution is -2.47. The Morgan fingerprint density at radius 3 is 2.88 bits per heavy atom. The predicted octanol–water partition coefficient (Wildman–Crippen LogP) is 1.89. The first-order valence-electron chi connectivity index (χ1n) is 8.60. The lowest BCUT2D eigenvalue weighted by atomic mass is 10.0. The molecule has 1 aromatic heterocycles. The second kappa shape index (κ2) is 6.36. The van der Waals surface area contributed by atoms with Crippen molar-refractivity contribution in [1.29, 1.82) is 0 Å². The lowest BCUT2D eigenvalue weighted by Gasteiger charge is -2.36. The minimum Gasteiger partial charge on any atom is -0.368 e. The molecule has 4 rings (SSSR count). The van der Waals surface area contributed by atoms with E-state index >= 15 is 0 Å². The minimum absolute atomic E-state index is 0.0842. The van der Waals surface area contributed by atoms with E-state index in [1.807, 2.05) is 34.7 Å². The van der Waals surface area contributed by atoms with E-state index < -0.39 is 0 Å². The number of benzene rings is 1. The third-order valence-electron chi connectivity index (χ3n) is 4.79. The molecule has 2 atom stereocenters. The van der Waals surface area contributed by atoms with E-state index in [9.17, 15) is 4.79 Å². The fraction of sp³-hybridized carbons (Fsp3) is 0.500. The summed E-state index contributed by atoms with van der Waals surface area (Å²) in [5.74, 6) is 1.74. The third-order valence-corrected chi connectivity index (χ3v) is 4.79. The lowest BCUT2D eigenvalue weighted by molar-refractivity contribution is -0.144. The molecule has 2 aromatic rings. The molecular weight excluding hydrogens is 304 g/mol. The number of carbonyl (C=O) groups is 1. The maximum atomic E-state index is 13.0. The van der Waals surface area contributed by atoms with E-state index in [0.29, 0.717) is 19.7 Å². The van der Waals surface area contributed by atoms with E-state index in [1.54, 1.807) is 0 Å². The molecule has 0 unspecified atom stereocenters. The summed E-state index contributed by atoms with van der Waals surface area (Å²) in [6.07, 6.45) is 2.23. The SMILES string of the molecule is Cc1nc2n(n1)CCN(C(=O)[C@H]1CCCO1)[C@H]2Cc1ccccc1. The van der Waals surface area contributed by atoms with E-state index in [4.69, 9.17) is 4.74 Å². The molecule has 0 spiro atoms. The standard InChI is InChI=1S/C18H22N4O2/c1-13-19-17-15(12-14-6-3-2-4-7-14)21(9-10-22(17)20-13)18(23)16-8-5-11-24-16/h2-4,6-7,15-16H,5,8-12H2,1H3/t15-,16+/m0/s1. The fourth-order valence-corrected chi connectivity index (χ4v) is 3.64. The number of fused-ring (bicyclic) bond motifs is 1. The van der Waals surface area contributed by atoms with Crippen molar-refractivity contribution >= 4 is 5.91 Å². The van der Waals surface area contributed by atoms with Gasteiger partial charge in [0, 0.05) is 19.6 Å². The van der Waals surface area contributed by atoms with Gasteiger partial charge in [0.15, 0.2) is 0 Å². The molecule has 0 bridgehead atoms. The molecule has 0 radical (unpaired) electrons. The Labute approximate surface area is 141 Å². The summed E-state index contributed by atoms with van der Waals surface area (Å²) in [6.45, 7) is 3.94. The zero-order chi connectivity index (χ0) is 16.5. The first-order valence-corrected chi connectivity index (χ1v) is 8.60. The summed E-state index contributed by atoms with van der Waals surface area (Å²) >= 11 is 0. The summed E-state index contributed by atoms with van der Waals surface area (Å²) in [4.78, 5) is 19.5. The van der Waals surface area contributed by atoms with Crippen LogP contribution >= 0.6 is 0 Å². The van der Waals surface area contributed by atoms with Gasteiger partial charge in [0.25, 0.3) is 5.91 Å². The molecule has 1 amide bonds. The summed E-state index contributed by atoms with van der Waals surface area (Å²) in [6, 6.07) is 10.2. The van der Waals surface area contributed by atoms with Crippen molar-refractivity contribution in [3.05, 3.63) is 47.5 Å². The Bertz CT molecular complexity index is 722. The van der Waals surface area contributed by atoms with Crippen LogP contribution in [0.1, 0.15) is 36.1 Å². The van der Waals surface area contributed by atoms with Crippen LogP contribution in [0.5, 0.6) is 0 Å². The molecule has 1 saturated heterocycles. The summed E-state index contributed by atoms with van der Waals surface area (Å²) in [5.41, 5.74) is 1.20. The highest BCUT2D eigenvalue weighted by Gasteiger charge is 2.37. The van der Waals surface area contributed by atoms with Gasteiger partial charge in [0.2, 0.25) is 0 Å². The van der Waals surface area contributed by atoms with Crippen LogP contribution < -0.4 is 0 Å². The number of aryl methyl sites for hydroxylation is 1. The van der Waals surface area contributed by atoms with Crippen LogP contribution in [0, 0.1) is 6.92 Å². The van der Waals surface area contributed by atoms with Gasteiger partial charge >= 0.3 is 0 Å². The molecule has 2 aliphatic rings. The Morgan fingerprint density at radius 1 is 1.29 bits per heavy atom.